The Morgan fingerprint density at radius 3 is 2.67 bits per heavy atom. The number of nitrogens with zero attached hydrogens (tertiary/aromatic N) is 2. The van der Waals surface area contributed by atoms with Crippen LogP contribution in [0.4, 0.5) is 0 Å². The van der Waals surface area contributed by atoms with E-state index in [4.69, 9.17) is 15.0 Å². The summed E-state index contributed by atoms with van der Waals surface area (Å²) in [5.41, 5.74) is 5.80. The third-order valence-electron chi connectivity index (χ3n) is 2.52. The highest BCUT2D eigenvalue weighted by molar-refractivity contribution is 7.90. The quantitative estimate of drug-likeness (QED) is 0.777. The minimum atomic E-state index is -3.04. The summed E-state index contributed by atoms with van der Waals surface area (Å²) in [6.07, 6.45) is 1.90. The highest BCUT2D eigenvalue weighted by Gasteiger charge is 2.20. The van der Waals surface area contributed by atoms with Gasteiger partial charge in [-0.3, -0.25) is 0 Å². The summed E-state index contributed by atoms with van der Waals surface area (Å²) in [4.78, 5) is 4.13. The van der Waals surface area contributed by atoms with Crippen molar-refractivity contribution < 1.29 is 17.7 Å². The predicted octanol–water partition coefficient (Wildman–Crippen LogP) is 0.602. The second kappa shape index (κ2) is 6.26. The van der Waals surface area contributed by atoms with Crippen molar-refractivity contribution in [3.63, 3.8) is 0 Å². The summed E-state index contributed by atoms with van der Waals surface area (Å²) in [6, 6.07) is -0.574. The summed E-state index contributed by atoms with van der Waals surface area (Å²) in [6.45, 7) is 1.94. The first kappa shape index (κ1) is 15.1. The smallest absolute Gasteiger partial charge is 0.243 e. The molecule has 0 saturated carbocycles. The van der Waals surface area contributed by atoms with E-state index in [-0.39, 0.29) is 24.2 Å². The van der Waals surface area contributed by atoms with Crippen LogP contribution in [0.15, 0.2) is 4.52 Å². The van der Waals surface area contributed by atoms with Crippen molar-refractivity contribution in [3.05, 3.63) is 11.7 Å². The van der Waals surface area contributed by atoms with E-state index < -0.39 is 15.9 Å². The van der Waals surface area contributed by atoms with Crippen LogP contribution in [0.5, 0.6) is 0 Å². The molecular weight excluding hydrogens is 258 g/mol. The Balaban J connectivity index is 2.67. The monoisotopic (exact) mass is 277 g/mol. The lowest BCUT2D eigenvalue weighted by Crippen LogP contribution is -2.16. The maximum Gasteiger partial charge on any atom is 0.243 e. The van der Waals surface area contributed by atoms with E-state index in [0.29, 0.717) is 12.2 Å². The average molecular weight is 277 g/mol. The van der Waals surface area contributed by atoms with Gasteiger partial charge in [0.15, 0.2) is 0 Å². The van der Waals surface area contributed by atoms with Gasteiger partial charge in [0, 0.05) is 13.4 Å². The molecule has 0 spiro atoms. The van der Waals surface area contributed by atoms with Gasteiger partial charge in [-0.05, 0) is 12.8 Å². The molecule has 0 aliphatic carbocycles. The summed E-state index contributed by atoms with van der Waals surface area (Å²) >= 11 is 0. The van der Waals surface area contributed by atoms with Gasteiger partial charge in [0.25, 0.3) is 0 Å². The fraction of sp³-hybridized carbons (Fsp3) is 0.800. The van der Waals surface area contributed by atoms with E-state index in [1.54, 1.807) is 7.11 Å². The molecule has 0 amide bonds. The van der Waals surface area contributed by atoms with Gasteiger partial charge in [-0.25, -0.2) is 8.42 Å². The molecule has 8 heteroatoms. The first-order chi connectivity index (χ1) is 8.37. The van der Waals surface area contributed by atoms with Crippen molar-refractivity contribution in [2.45, 2.75) is 31.9 Å². The standard InChI is InChI=1S/C10H19N3O4S/c1-4-8(16-2)9-12-10(17-13-9)7(11)5-6-18(3,14)15/h7-8H,4-6,11H2,1-3H3. The van der Waals surface area contributed by atoms with Crippen LogP contribution in [-0.4, -0.2) is 37.7 Å². The maximum absolute atomic E-state index is 11.0. The van der Waals surface area contributed by atoms with Crippen LogP contribution in [-0.2, 0) is 14.6 Å². The number of nitrogens with two attached hydrogens (primary N) is 1. The van der Waals surface area contributed by atoms with Crippen molar-refractivity contribution in [2.75, 3.05) is 19.1 Å². The van der Waals surface area contributed by atoms with Crippen LogP contribution in [0, 0.1) is 0 Å². The van der Waals surface area contributed by atoms with Gasteiger partial charge in [0.2, 0.25) is 11.7 Å². The number of aromatic nitrogens is 2. The molecule has 0 radical (unpaired) electrons. The van der Waals surface area contributed by atoms with Gasteiger partial charge < -0.3 is 15.0 Å². The molecule has 1 aromatic heterocycles. The average Bonchev–Trinajstić information content (AvgIpc) is 2.76. The molecule has 2 atom stereocenters. The van der Waals surface area contributed by atoms with Crippen LogP contribution < -0.4 is 5.73 Å². The fourth-order valence-electron chi connectivity index (χ4n) is 1.45. The molecule has 0 aliphatic rings. The fourth-order valence-corrected chi connectivity index (χ4v) is 2.13. The first-order valence-electron chi connectivity index (χ1n) is 5.67. The number of ether oxygens (including phenoxy) is 1. The highest BCUT2D eigenvalue weighted by atomic mass is 32.2. The van der Waals surface area contributed by atoms with E-state index in [1.807, 2.05) is 6.92 Å². The molecule has 0 aromatic carbocycles. The zero-order valence-corrected chi connectivity index (χ0v) is 11.6. The largest absolute Gasteiger partial charge is 0.373 e. The predicted molar refractivity (Wildman–Crippen MR) is 65.6 cm³/mol. The second-order valence-corrected chi connectivity index (χ2v) is 6.41. The minimum Gasteiger partial charge on any atom is -0.373 e. The van der Waals surface area contributed by atoms with Crippen molar-refractivity contribution in [2.24, 2.45) is 5.73 Å². The van der Waals surface area contributed by atoms with E-state index >= 15 is 0 Å². The van der Waals surface area contributed by atoms with Gasteiger partial charge in [-0.2, -0.15) is 4.98 Å². The van der Waals surface area contributed by atoms with Crippen molar-refractivity contribution in [3.8, 4) is 0 Å². The molecule has 0 fully saturated rings. The number of hydrogen-bond donors (Lipinski definition) is 1. The Morgan fingerprint density at radius 1 is 1.50 bits per heavy atom. The molecule has 1 rings (SSSR count). The summed E-state index contributed by atoms with van der Waals surface area (Å²) in [5.74, 6) is 0.668. The molecular formula is C10H19N3O4S. The molecule has 0 bridgehead atoms. The minimum absolute atomic E-state index is 0.00658. The Bertz CT molecular complexity index is 467. The van der Waals surface area contributed by atoms with Crippen LogP contribution in [0.2, 0.25) is 0 Å². The van der Waals surface area contributed by atoms with Gasteiger partial charge in [-0.15, -0.1) is 0 Å². The molecule has 0 aliphatic heterocycles. The maximum atomic E-state index is 11.0. The van der Waals surface area contributed by atoms with Crippen LogP contribution in [0.1, 0.15) is 43.6 Å². The third kappa shape index (κ3) is 4.35. The van der Waals surface area contributed by atoms with E-state index in [1.165, 1.54) is 0 Å². The topological polar surface area (TPSA) is 108 Å². The number of rotatable bonds is 7. The summed E-state index contributed by atoms with van der Waals surface area (Å²) in [5, 5.41) is 3.78. The van der Waals surface area contributed by atoms with Crippen molar-refractivity contribution in [1.82, 2.24) is 10.1 Å². The molecule has 7 nitrogen and oxygen atoms in total. The molecule has 1 aromatic rings. The van der Waals surface area contributed by atoms with Crippen molar-refractivity contribution in [1.29, 1.82) is 0 Å². The van der Waals surface area contributed by atoms with Crippen molar-refractivity contribution >= 4 is 9.84 Å². The van der Waals surface area contributed by atoms with Crippen LogP contribution >= 0.6 is 0 Å². The van der Waals surface area contributed by atoms with Crippen LogP contribution in [0.3, 0.4) is 0 Å². The molecule has 1 heterocycles. The zero-order chi connectivity index (χ0) is 13.8. The van der Waals surface area contributed by atoms with E-state index in [0.717, 1.165) is 6.26 Å². The lowest BCUT2D eigenvalue weighted by atomic mass is 10.2. The number of hydrogen-bond acceptors (Lipinski definition) is 7. The Morgan fingerprint density at radius 2 is 2.17 bits per heavy atom. The molecule has 18 heavy (non-hydrogen) atoms. The van der Waals surface area contributed by atoms with Gasteiger partial charge in [-0.1, -0.05) is 12.1 Å². The SMILES string of the molecule is CCC(OC)c1noc(C(N)CCS(C)(=O)=O)n1. The van der Waals surface area contributed by atoms with Crippen LogP contribution in [0.25, 0.3) is 0 Å². The summed E-state index contributed by atoms with van der Waals surface area (Å²) in [7, 11) is -1.48. The Labute approximate surface area is 107 Å². The summed E-state index contributed by atoms with van der Waals surface area (Å²) < 4.78 is 32.2. The normalized spacial score (nSPS) is 15.6. The molecule has 104 valence electrons. The van der Waals surface area contributed by atoms with Gasteiger partial charge in [0.1, 0.15) is 15.9 Å². The Hall–Kier alpha value is -0.990. The number of methoxy groups -OCH3 is 1. The number of sulfone groups is 1. The van der Waals surface area contributed by atoms with Gasteiger partial charge >= 0.3 is 0 Å². The third-order valence-corrected chi connectivity index (χ3v) is 3.49. The van der Waals surface area contributed by atoms with E-state index in [9.17, 15) is 8.42 Å². The molecule has 2 unspecified atom stereocenters. The lowest BCUT2D eigenvalue weighted by molar-refractivity contribution is 0.0903. The molecule has 2 N–H and O–H groups in total. The lowest BCUT2D eigenvalue weighted by Gasteiger charge is -2.07. The van der Waals surface area contributed by atoms with E-state index in [2.05, 4.69) is 10.1 Å². The Kier molecular flexibility index (Phi) is 5.24. The zero-order valence-electron chi connectivity index (χ0n) is 10.8. The van der Waals surface area contributed by atoms with Gasteiger partial charge in [0.05, 0.1) is 11.8 Å². The molecule has 0 saturated heterocycles. The highest BCUT2D eigenvalue weighted by Crippen LogP contribution is 2.19. The first-order valence-corrected chi connectivity index (χ1v) is 7.73. The second-order valence-electron chi connectivity index (χ2n) is 4.15.